The van der Waals surface area contributed by atoms with Gasteiger partial charge in [-0.25, -0.2) is 4.39 Å². The van der Waals surface area contributed by atoms with Gasteiger partial charge in [0.1, 0.15) is 11.6 Å². The van der Waals surface area contributed by atoms with Gasteiger partial charge in [-0.05, 0) is 38.3 Å². The highest BCUT2D eigenvalue weighted by atomic mass is 19.1. The van der Waals surface area contributed by atoms with Crippen LogP contribution in [0, 0.1) is 12.7 Å². The van der Waals surface area contributed by atoms with Crippen LogP contribution < -0.4 is 15.8 Å². The molecule has 1 atom stereocenters. The summed E-state index contributed by atoms with van der Waals surface area (Å²) in [6, 6.07) is 5.12. The molecule has 1 aliphatic carbocycles. The van der Waals surface area contributed by atoms with Crippen molar-refractivity contribution in [1.82, 2.24) is 5.32 Å². The number of carbonyl (C=O) groups excluding carboxylic acids is 1. The summed E-state index contributed by atoms with van der Waals surface area (Å²) in [7, 11) is 0. The van der Waals surface area contributed by atoms with Gasteiger partial charge in [-0.2, -0.15) is 0 Å². The maximum Gasteiger partial charge on any atom is 0.237 e. The fourth-order valence-electron chi connectivity index (χ4n) is 1.98. The molecule has 1 unspecified atom stereocenters. The van der Waals surface area contributed by atoms with Gasteiger partial charge in [0.05, 0.1) is 12.1 Å². The van der Waals surface area contributed by atoms with Crippen molar-refractivity contribution < 1.29 is 13.9 Å². The normalized spacial score (nSPS) is 17.6. The summed E-state index contributed by atoms with van der Waals surface area (Å²) in [5.41, 5.74) is 5.26. The first-order chi connectivity index (χ1) is 9.40. The van der Waals surface area contributed by atoms with Gasteiger partial charge in [-0.15, -0.1) is 0 Å². The largest absolute Gasteiger partial charge is 0.493 e. The Kier molecular flexibility index (Phi) is 4.28. The lowest BCUT2D eigenvalue weighted by Crippen LogP contribution is -2.54. The second kappa shape index (κ2) is 5.79. The summed E-state index contributed by atoms with van der Waals surface area (Å²) in [4.78, 5) is 11.6. The van der Waals surface area contributed by atoms with Gasteiger partial charge < -0.3 is 15.8 Å². The number of amides is 1. The van der Waals surface area contributed by atoms with Crippen molar-refractivity contribution in [2.24, 2.45) is 5.73 Å². The van der Waals surface area contributed by atoms with Crippen molar-refractivity contribution in [2.75, 3.05) is 6.61 Å². The molecule has 20 heavy (non-hydrogen) atoms. The number of primary amides is 1. The zero-order chi connectivity index (χ0) is 14.8. The van der Waals surface area contributed by atoms with Crippen LogP contribution in [0.4, 0.5) is 4.39 Å². The van der Waals surface area contributed by atoms with E-state index in [4.69, 9.17) is 10.5 Å². The molecule has 0 saturated heterocycles. The molecule has 0 heterocycles. The van der Waals surface area contributed by atoms with E-state index in [-0.39, 0.29) is 11.7 Å². The molecule has 0 radical (unpaired) electrons. The number of rotatable bonds is 7. The van der Waals surface area contributed by atoms with Crippen LogP contribution in [0.15, 0.2) is 18.2 Å². The molecule has 2 rings (SSSR count). The van der Waals surface area contributed by atoms with Crippen LogP contribution in [0.1, 0.15) is 31.7 Å². The summed E-state index contributed by atoms with van der Waals surface area (Å²) in [5, 5.41) is 3.24. The van der Waals surface area contributed by atoms with Gasteiger partial charge in [0, 0.05) is 18.5 Å². The molecule has 4 nitrogen and oxygen atoms in total. The highest BCUT2D eigenvalue weighted by Gasteiger charge is 2.36. The third kappa shape index (κ3) is 3.70. The van der Waals surface area contributed by atoms with E-state index in [0.29, 0.717) is 30.4 Å². The Morgan fingerprint density at radius 2 is 2.25 bits per heavy atom. The van der Waals surface area contributed by atoms with E-state index < -0.39 is 5.54 Å². The van der Waals surface area contributed by atoms with Gasteiger partial charge in [-0.1, -0.05) is 6.07 Å². The van der Waals surface area contributed by atoms with Crippen LogP contribution in [0.5, 0.6) is 5.75 Å². The van der Waals surface area contributed by atoms with E-state index in [1.54, 1.807) is 26.0 Å². The topological polar surface area (TPSA) is 64.3 Å². The Morgan fingerprint density at radius 1 is 1.55 bits per heavy atom. The Labute approximate surface area is 118 Å². The van der Waals surface area contributed by atoms with Crippen molar-refractivity contribution in [3.05, 3.63) is 29.6 Å². The fourth-order valence-corrected chi connectivity index (χ4v) is 1.98. The molecule has 0 aromatic heterocycles. The van der Waals surface area contributed by atoms with E-state index in [2.05, 4.69) is 5.32 Å². The number of benzene rings is 1. The van der Waals surface area contributed by atoms with E-state index >= 15 is 0 Å². The standard InChI is InChI=1S/C15H21FN2O2/c1-10-3-6-12(9-13(10)16)20-8-7-15(2,14(17)19)18-11-4-5-11/h3,6,9,11,18H,4-5,7-8H2,1-2H3,(H2,17,19). The molecule has 1 aromatic carbocycles. The first-order valence-corrected chi connectivity index (χ1v) is 6.87. The molecule has 1 aliphatic rings. The average molecular weight is 280 g/mol. The van der Waals surface area contributed by atoms with Gasteiger partial charge in [-0.3, -0.25) is 4.79 Å². The van der Waals surface area contributed by atoms with E-state index in [1.807, 2.05) is 0 Å². The maximum absolute atomic E-state index is 13.4. The fraction of sp³-hybridized carbons (Fsp3) is 0.533. The van der Waals surface area contributed by atoms with Crippen molar-refractivity contribution in [2.45, 2.75) is 44.7 Å². The second-order valence-electron chi connectivity index (χ2n) is 5.62. The first kappa shape index (κ1) is 14.8. The molecular weight excluding hydrogens is 259 g/mol. The Bertz CT molecular complexity index is 503. The Hall–Kier alpha value is -1.62. The summed E-state index contributed by atoms with van der Waals surface area (Å²) in [6.45, 7) is 3.79. The Balaban J connectivity index is 1.89. The third-order valence-corrected chi connectivity index (χ3v) is 3.66. The van der Waals surface area contributed by atoms with E-state index in [0.717, 1.165) is 12.8 Å². The molecule has 0 bridgehead atoms. The highest BCUT2D eigenvalue weighted by molar-refractivity contribution is 5.84. The number of ether oxygens (including phenoxy) is 1. The molecule has 1 saturated carbocycles. The SMILES string of the molecule is Cc1ccc(OCCC(C)(NC2CC2)C(N)=O)cc1F. The predicted molar refractivity (Wildman–Crippen MR) is 75.0 cm³/mol. The van der Waals surface area contributed by atoms with Gasteiger partial charge >= 0.3 is 0 Å². The van der Waals surface area contributed by atoms with Crippen molar-refractivity contribution in [3.63, 3.8) is 0 Å². The van der Waals surface area contributed by atoms with E-state index in [9.17, 15) is 9.18 Å². The van der Waals surface area contributed by atoms with Gasteiger partial charge in [0.15, 0.2) is 0 Å². The minimum atomic E-state index is -0.773. The van der Waals surface area contributed by atoms with Crippen LogP contribution in [0.25, 0.3) is 0 Å². The number of nitrogens with two attached hydrogens (primary N) is 1. The monoisotopic (exact) mass is 280 g/mol. The molecule has 3 N–H and O–H groups in total. The van der Waals surface area contributed by atoms with Crippen LogP contribution in [0.3, 0.4) is 0 Å². The molecule has 110 valence electrons. The maximum atomic E-state index is 13.4. The molecule has 1 fully saturated rings. The Morgan fingerprint density at radius 3 is 2.80 bits per heavy atom. The summed E-state index contributed by atoms with van der Waals surface area (Å²) < 4.78 is 18.9. The lowest BCUT2D eigenvalue weighted by atomic mass is 9.97. The third-order valence-electron chi connectivity index (χ3n) is 3.66. The average Bonchev–Trinajstić information content (AvgIpc) is 3.17. The van der Waals surface area contributed by atoms with E-state index in [1.165, 1.54) is 6.07 Å². The summed E-state index contributed by atoms with van der Waals surface area (Å²) in [6.07, 6.45) is 2.61. The highest BCUT2D eigenvalue weighted by Crippen LogP contribution is 2.24. The lowest BCUT2D eigenvalue weighted by Gasteiger charge is -2.27. The molecule has 1 amide bonds. The van der Waals surface area contributed by atoms with Crippen molar-refractivity contribution in [3.8, 4) is 5.75 Å². The zero-order valence-corrected chi connectivity index (χ0v) is 11.9. The number of halogens is 1. The van der Waals surface area contributed by atoms with Crippen LogP contribution >= 0.6 is 0 Å². The van der Waals surface area contributed by atoms with Crippen LogP contribution in [-0.2, 0) is 4.79 Å². The van der Waals surface area contributed by atoms with Gasteiger partial charge in [0.25, 0.3) is 0 Å². The molecule has 0 aliphatic heterocycles. The first-order valence-electron chi connectivity index (χ1n) is 6.87. The smallest absolute Gasteiger partial charge is 0.237 e. The van der Waals surface area contributed by atoms with Crippen LogP contribution in [0.2, 0.25) is 0 Å². The number of nitrogens with one attached hydrogen (secondary N) is 1. The minimum absolute atomic E-state index is 0.295. The number of aryl methyl sites for hydroxylation is 1. The molecule has 1 aromatic rings. The second-order valence-corrected chi connectivity index (χ2v) is 5.62. The lowest BCUT2D eigenvalue weighted by molar-refractivity contribution is -0.124. The minimum Gasteiger partial charge on any atom is -0.493 e. The summed E-state index contributed by atoms with van der Waals surface area (Å²) >= 11 is 0. The van der Waals surface area contributed by atoms with Gasteiger partial charge in [0.2, 0.25) is 5.91 Å². The molecule has 5 heteroatoms. The van der Waals surface area contributed by atoms with Crippen molar-refractivity contribution in [1.29, 1.82) is 0 Å². The number of hydrogen-bond acceptors (Lipinski definition) is 3. The zero-order valence-electron chi connectivity index (χ0n) is 11.9. The summed E-state index contributed by atoms with van der Waals surface area (Å²) in [5.74, 6) is -0.217. The number of carbonyl (C=O) groups is 1. The molecule has 0 spiro atoms. The van der Waals surface area contributed by atoms with Crippen LogP contribution in [-0.4, -0.2) is 24.1 Å². The predicted octanol–water partition coefficient (Wildman–Crippen LogP) is 1.90. The van der Waals surface area contributed by atoms with Crippen molar-refractivity contribution >= 4 is 5.91 Å². The number of hydrogen-bond donors (Lipinski definition) is 2. The molecular formula is C15H21FN2O2. The quantitative estimate of drug-likeness (QED) is 0.801.